The van der Waals surface area contributed by atoms with Crippen LogP contribution in [0.2, 0.25) is 0 Å². The lowest BCUT2D eigenvalue weighted by atomic mass is 10.1. The van der Waals surface area contributed by atoms with Gasteiger partial charge < -0.3 is 10.2 Å². The first-order valence-corrected chi connectivity index (χ1v) is 6.69. The lowest BCUT2D eigenvalue weighted by Gasteiger charge is -2.32. The fraction of sp³-hybridized carbons (Fsp3) is 1.00. The summed E-state index contributed by atoms with van der Waals surface area (Å²) in [5.41, 5.74) is 0.626. The Morgan fingerprint density at radius 3 is 2.38 bits per heavy atom. The topological polar surface area (TPSA) is 18.5 Å². The summed E-state index contributed by atoms with van der Waals surface area (Å²) in [6, 6.07) is 0. The van der Waals surface area contributed by atoms with Crippen molar-refractivity contribution in [2.45, 2.75) is 20.3 Å². The van der Waals surface area contributed by atoms with E-state index in [-0.39, 0.29) is 0 Å². The second-order valence-corrected chi connectivity index (χ2v) is 6.24. The molecule has 1 aliphatic carbocycles. The summed E-state index contributed by atoms with van der Waals surface area (Å²) in [6.45, 7) is 13.3. The highest BCUT2D eigenvalue weighted by Gasteiger charge is 2.44. The Hall–Kier alpha value is -0.120. The Morgan fingerprint density at radius 2 is 1.81 bits per heavy atom. The fourth-order valence-electron chi connectivity index (χ4n) is 2.51. The molecule has 16 heavy (non-hydrogen) atoms. The van der Waals surface area contributed by atoms with Crippen molar-refractivity contribution >= 4 is 0 Å². The lowest BCUT2D eigenvalue weighted by molar-refractivity contribution is 0.154. The maximum Gasteiger partial charge on any atom is 0.0110 e. The van der Waals surface area contributed by atoms with E-state index >= 15 is 0 Å². The summed E-state index contributed by atoms with van der Waals surface area (Å²) >= 11 is 0. The third-order valence-corrected chi connectivity index (χ3v) is 4.31. The van der Waals surface area contributed by atoms with Gasteiger partial charge in [0.1, 0.15) is 0 Å². The number of nitrogens with one attached hydrogen (secondary N) is 1. The molecule has 1 atom stereocenters. The Bertz CT molecular complexity index is 219. The van der Waals surface area contributed by atoms with Gasteiger partial charge in [-0.1, -0.05) is 13.8 Å². The van der Waals surface area contributed by atoms with E-state index in [1.54, 1.807) is 0 Å². The van der Waals surface area contributed by atoms with Gasteiger partial charge in [0, 0.05) is 39.3 Å². The van der Waals surface area contributed by atoms with Gasteiger partial charge in [0.15, 0.2) is 0 Å². The number of likely N-dealkylation sites (N-methyl/N-ethyl adjacent to an activating group) is 1. The van der Waals surface area contributed by atoms with E-state index in [0.717, 1.165) is 12.5 Å². The highest BCUT2D eigenvalue weighted by Crippen LogP contribution is 2.50. The van der Waals surface area contributed by atoms with Crippen molar-refractivity contribution in [2.75, 3.05) is 52.9 Å². The molecular weight excluding hydrogens is 198 g/mol. The van der Waals surface area contributed by atoms with Gasteiger partial charge in [-0.25, -0.2) is 0 Å². The minimum atomic E-state index is 0.626. The van der Waals surface area contributed by atoms with Crippen LogP contribution in [0.3, 0.4) is 0 Å². The van der Waals surface area contributed by atoms with Gasteiger partial charge in [-0.3, -0.25) is 4.90 Å². The molecule has 1 unspecified atom stereocenters. The van der Waals surface area contributed by atoms with E-state index in [9.17, 15) is 0 Å². The molecule has 0 bridgehead atoms. The first-order valence-electron chi connectivity index (χ1n) is 6.69. The van der Waals surface area contributed by atoms with Crippen LogP contribution in [0.4, 0.5) is 0 Å². The zero-order valence-electron chi connectivity index (χ0n) is 11.1. The molecular formula is C13H27N3. The molecule has 94 valence electrons. The molecule has 1 heterocycles. The summed E-state index contributed by atoms with van der Waals surface area (Å²) < 4.78 is 0. The molecule has 0 aromatic heterocycles. The number of piperazine rings is 1. The number of rotatable bonds is 5. The summed E-state index contributed by atoms with van der Waals surface area (Å²) in [4.78, 5) is 4.99. The minimum Gasteiger partial charge on any atom is -0.315 e. The molecule has 0 aromatic rings. The molecule has 0 radical (unpaired) electrons. The van der Waals surface area contributed by atoms with Crippen LogP contribution in [-0.2, 0) is 0 Å². The SMILES string of the molecule is CN1CCN(CCNCC2CC2(C)C)CC1. The van der Waals surface area contributed by atoms with Gasteiger partial charge in [-0.05, 0) is 31.3 Å². The van der Waals surface area contributed by atoms with E-state index in [1.165, 1.54) is 45.7 Å². The number of nitrogens with zero attached hydrogens (tertiary/aromatic N) is 2. The van der Waals surface area contributed by atoms with Crippen molar-refractivity contribution in [3.8, 4) is 0 Å². The van der Waals surface area contributed by atoms with Crippen molar-refractivity contribution in [3.05, 3.63) is 0 Å². The second kappa shape index (κ2) is 5.03. The van der Waals surface area contributed by atoms with E-state index in [0.29, 0.717) is 5.41 Å². The van der Waals surface area contributed by atoms with E-state index in [2.05, 4.69) is 36.0 Å². The summed E-state index contributed by atoms with van der Waals surface area (Å²) in [5, 5.41) is 3.61. The van der Waals surface area contributed by atoms with Crippen LogP contribution in [-0.4, -0.2) is 62.7 Å². The van der Waals surface area contributed by atoms with Crippen molar-refractivity contribution in [2.24, 2.45) is 11.3 Å². The molecule has 0 aromatic carbocycles. The smallest absolute Gasteiger partial charge is 0.0110 e. The third kappa shape index (κ3) is 3.44. The maximum atomic E-state index is 3.61. The number of hydrogen-bond acceptors (Lipinski definition) is 3. The van der Waals surface area contributed by atoms with E-state index < -0.39 is 0 Å². The van der Waals surface area contributed by atoms with Crippen molar-refractivity contribution < 1.29 is 0 Å². The molecule has 2 rings (SSSR count). The molecule has 1 aliphatic heterocycles. The average Bonchev–Trinajstić information content (AvgIpc) is 2.84. The van der Waals surface area contributed by atoms with Gasteiger partial charge in [0.05, 0.1) is 0 Å². The molecule has 0 spiro atoms. The maximum absolute atomic E-state index is 3.61. The quantitative estimate of drug-likeness (QED) is 0.701. The van der Waals surface area contributed by atoms with Crippen molar-refractivity contribution in [1.82, 2.24) is 15.1 Å². The molecule has 1 saturated carbocycles. The molecule has 3 heteroatoms. The van der Waals surface area contributed by atoms with Crippen LogP contribution in [0.15, 0.2) is 0 Å². The highest BCUT2D eigenvalue weighted by atomic mass is 15.2. The van der Waals surface area contributed by atoms with Crippen LogP contribution >= 0.6 is 0 Å². The first kappa shape index (κ1) is 12.3. The predicted molar refractivity (Wildman–Crippen MR) is 68.7 cm³/mol. The zero-order valence-corrected chi connectivity index (χ0v) is 11.1. The predicted octanol–water partition coefficient (Wildman–Crippen LogP) is 0.869. The Labute approximate surface area is 100 Å². The molecule has 3 nitrogen and oxygen atoms in total. The van der Waals surface area contributed by atoms with Crippen LogP contribution in [0.25, 0.3) is 0 Å². The van der Waals surface area contributed by atoms with Crippen LogP contribution < -0.4 is 5.32 Å². The minimum absolute atomic E-state index is 0.626. The standard InChI is InChI=1S/C13H27N3/c1-13(2)10-12(13)11-14-4-5-16-8-6-15(3)7-9-16/h12,14H,4-11H2,1-3H3. The first-order chi connectivity index (χ1) is 7.58. The van der Waals surface area contributed by atoms with Crippen molar-refractivity contribution in [3.63, 3.8) is 0 Å². The van der Waals surface area contributed by atoms with Gasteiger partial charge in [0.25, 0.3) is 0 Å². The van der Waals surface area contributed by atoms with Gasteiger partial charge >= 0.3 is 0 Å². The average molecular weight is 225 g/mol. The monoisotopic (exact) mass is 225 g/mol. The number of hydrogen-bond donors (Lipinski definition) is 1. The lowest BCUT2D eigenvalue weighted by Crippen LogP contribution is -2.46. The second-order valence-electron chi connectivity index (χ2n) is 6.24. The van der Waals surface area contributed by atoms with Crippen LogP contribution in [0.1, 0.15) is 20.3 Å². The summed E-state index contributed by atoms with van der Waals surface area (Å²) in [5.74, 6) is 0.931. The molecule has 2 fully saturated rings. The van der Waals surface area contributed by atoms with Crippen LogP contribution in [0, 0.1) is 11.3 Å². The third-order valence-electron chi connectivity index (χ3n) is 4.31. The van der Waals surface area contributed by atoms with Gasteiger partial charge in [0.2, 0.25) is 0 Å². The van der Waals surface area contributed by atoms with Gasteiger partial charge in [-0.2, -0.15) is 0 Å². The molecule has 1 saturated heterocycles. The van der Waals surface area contributed by atoms with Gasteiger partial charge in [-0.15, -0.1) is 0 Å². The summed E-state index contributed by atoms with van der Waals surface area (Å²) in [7, 11) is 2.21. The molecule has 2 aliphatic rings. The fourth-order valence-corrected chi connectivity index (χ4v) is 2.51. The normalized spacial score (nSPS) is 30.6. The zero-order chi connectivity index (χ0) is 11.6. The Kier molecular flexibility index (Phi) is 3.88. The van der Waals surface area contributed by atoms with Crippen molar-refractivity contribution in [1.29, 1.82) is 0 Å². The summed E-state index contributed by atoms with van der Waals surface area (Å²) in [6.07, 6.45) is 1.41. The Balaban J connectivity index is 1.49. The van der Waals surface area contributed by atoms with E-state index in [1.807, 2.05) is 0 Å². The molecule has 0 amide bonds. The Morgan fingerprint density at radius 1 is 1.19 bits per heavy atom. The highest BCUT2D eigenvalue weighted by molar-refractivity contribution is 4.96. The largest absolute Gasteiger partial charge is 0.315 e. The molecule has 1 N–H and O–H groups in total. The van der Waals surface area contributed by atoms with E-state index in [4.69, 9.17) is 0 Å². The van der Waals surface area contributed by atoms with Crippen LogP contribution in [0.5, 0.6) is 0 Å².